The number of nitrogens with zero attached hydrogens (tertiary/aromatic N) is 1. The average molecular weight is 366 g/mol. The van der Waals surface area contributed by atoms with Crippen molar-refractivity contribution < 1.29 is 28.9 Å². The Morgan fingerprint density at radius 2 is 2.12 bits per heavy atom. The summed E-state index contributed by atoms with van der Waals surface area (Å²) in [6.07, 6.45) is -0.852. The number of hydrogen-bond acceptors (Lipinski definition) is 7. The fourth-order valence-corrected chi connectivity index (χ4v) is 2.69. The summed E-state index contributed by atoms with van der Waals surface area (Å²) in [5.41, 5.74) is 0. The van der Waals surface area contributed by atoms with Crippen molar-refractivity contribution in [3.05, 3.63) is 30.3 Å². The number of esters is 1. The monoisotopic (exact) mass is 366 g/mol. The number of hydrogen-bond donors (Lipinski definition) is 2. The minimum Gasteiger partial charge on any atom is -0.491 e. The lowest BCUT2D eigenvalue weighted by molar-refractivity contribution is -0.149. The topological polar surface area (TPSA) is 97.3 Å². The number of carbonyl (C=O) groups excluding carboxylic acids is 2. The molecule has 2 rings (SSSR count). The number of amides is 1. The molecule has 1 saturated heterocycles. The molecule has 0 aliphatic carbocycles. The lowest BCUT2D eigenvalue weighted by Crippen LogP contribution is -2.57. The highest BCUT2D eigenvalue weighted by Crippen LogP contribution is 2.12. The molecule has 1 aromatic rings. The van der Waals surface area contributed by atoms with Crippen molar-refractivity contribution in [3.8, 4) is 5.75 Å². The predicted molar refractivity (Wildman–Crippen MR) is 93.8 cm³/mol. The molecule has 0 aromatic heterocycles. The predicted octanol–water partition coefficient (Wildman–Crippen LogP) is -0.194. The fraction of sp³-hybridized carbons (Fsp3) is 0.556. The van der Waals surface area contributed by atoms with Gasteiger partial charge in [-0.15, -0.1) is 0 Å². The molecule has 0 spiro atoms. The molecule has 144 valence electrons. The van der Waals surface area contributed by atoms with E-state index < -0.39 is 18.1 Å². The third-order valence-electron chi connectivity index (χ3n) is 3.98. The first kappa shape index (κ1) is 20.2. The van der Waals surface area contributed by atoms with E-state index in [-0.39, 0.29) is 32.1 Å². The van der Waals surface area contributed by atoms with Crippen molar-refractivity contribution in [2.24, 2.45) is 0 Å². The van der Waals surface area contributed by atoms with Gasteiger partial charge in [0.1, 0.15) is 25.1 Å². The van der Waals surface area contributed by atoms with Crippen molar-refractivity contribution in [1.82, 2.24) is 10.2 Å². The molecule has 0 radical (unpaired) electrons. The first-order valence-corrected chi connectivity index (χ1v) is 8.62. The lowest BCUT2D eigenvalue weighted by atomic mass is 10.1. The van der Waals surface area contributed by atoms with Gasteiger partial charge in [-0.05, 0) is 12.1 Å². The minimum absolute atomic E-state index is 0.0676. The Labute approximate surface area is 153 Å². The first-order chi connectivity index (χ1) is 12.6. The molecule has 8 heteroatoms. The van der Waals surface area contributed by atoms with E-state index in [0.717, 1.165) is 0 Å². The number of β-amino-alcohol motifs (C(OH)–C–C–N with tert-alkyl or cyclic N) is 1. The molecule has 1 aliphatic rings. The Hall–Kier alpha value is -2.16. The Balaban J connectivity index is 1.83. The Morgan fingerprint density at radius 3 is 2.85 bits per heavy atom. The highest BCUT2D eigenvalue weighted by atomic mass is 16.6. The second-order valence-corrected chi connectivity index (χ2v) is 6.00. The van der Waals surface area contributed by atoms with Crippen LogP contribution in [0.2, 0.25) is 0 Å². The molecule has 26 heavy (non-hydrogen) atoms. The molecular weight excluding hydrogens is 340 g/mol. The van der Waals surface area contributed by atoms with Crippen LogP contribution in [0.1, 0.15) is 6.42 Å². The molecule has 0 bridgehead atoms. The number of benzene rings is 1. The molecule has 1 fully saturated rings. The Kier molecular flexibility index (Phi) is 8.33. The summed E-state index contributed by atoms with van der Waals surface area (Å²) >= 11 is 0. The van der Waals surface area contributed by atoms with Gasteiger partial charge in [-0.2, -0.15) is 0 Å². The number of ether oxygens (including phenoxy) is 3. The van der Waals surface area contributed by atoms with Gasteiger partial charge < -0.3 is 24.6 Å². The van der Waals surface area contributed by atoms with Gasteiger partial charge in [0.2, 0.25) is 5.91 Å². The molecular formula is C18H26N2O6. The zero-order chi connectivity index (χ0) is 18.8. The third kappa shape index (κ3) is 6.62. The van der Waals surface area contributed by atoms with Crippen molar-refractivity contribution in [1.29, 1.82) is 0 Å². The summed E-state index contributed by atoms with van der Waals surface area (Å²) in [5, 5.41) is 13.0. The van der Waals surface area contributed by atoms with Gasteiger partial charge in [0, 0.05) is 26.7 Å². The normalized spacial score (nSPS) is 18.8. The molecule has 0 saturated carbocycles. The van der Waals surface area contributed by atoms with Gasteiger partial charge in [-0.25, -0.2) is 0 Å². The highest BCUT2D eigenvalue weighted by Gasteiger charge is 2.33. The average Bonchev–Trinajstić information content (AvgIpc) is 2.64. The zero-order valence-corrected chi connectivity index (χ0v) is 14.9. The smallest absolute Gasteiger partial charge is 0.308 e. The van der Waals surface area contributed by atoms with Gasteiger partial charge in [-0.3, -0.25) is 14.5 Å². The maximum absolute atomic E-state index is 12.1. The zero-order valence-electron chi connectivity index (χ0n) is 14.9. The molecule has 1 amide bonds. The van der Waals surface area contributed by atoms with E-state index >= 15 is 0 Å². The Bertz CT molecular complexity index is 568. The number of rotatable bonds is 10. The second-order valence-electron chi connectivity index (χ2n) is 6.00. The third-order valence-corrected chi connectivity index (χ3v) is 3.98. The van der Waals surface area contributed by atoms with Crippen molar-refractivity contribution in [2.75, 3.05) is 46.6 Å². The van der Waals surface area contributed by atoms with Gasteiger partial charge in [-0.1, -0.05) is 18.2 Å². The molecule has 1 aromatic carbocycles. The number of aliphatic hydroxyl groups excluding tert-OH is 1. The van der Waals surface area contributed by atoms with E-state index in [4.69, 9.17) is 14.2 Å². The summed E-state index contributed by atoms with van der Waals surface area (Å²) in [7, 11) is 1.52. The number of piperazine rings is 1. The van der Waals surface area contributed by atoms with E-state index in [1.54, 1.807) is 17.0 Å². The van der Waals surface area contributed by atoms with Gasteiger partial charge in [0.05, 0.1) is 19.1 Å². The van der Waals surface area contributed by atoms with Gasteiger partial charge in [0.25, 0.3) is 0 Å². The standard InChI is InChI=1S/C18H26N2O6/c1-24-9-10-25-17(22)11-16-18(23)19-7-8-20(16)12-14(21)13-26-15-5-3-2-4-6-15/h2-6,14,16,21H,7-13H2,1H3,(H,19,23). The van der Waals surface area contributed by atoms with Crippen LogP contribution in [0.3, 0.4) is 0 Å². The van der Waals surface area contributed by atoms with Crippen molar-refractivity contribution >= 4 is 11.9 Å². The summed E-state index contributed by atoms with van der Waals surface area (Å²) in [4.78, 5) is 25.8. The van der Waals surface area contributed by atoms with Gasteiger partial charge in [0.15, 0.2) is 0 Å². The van der Waals surface area contributed by atoms with Crippen LogP contribution in [0, 0.1) is 0 Å². The molecule has 8 nitrogen and oxygen atoms in total. The van der Waals surface area contributed by atoms with Crippen LogP contribution < -0.4 is 10.1 Å². The molecule has 2 unspecified atom stereocenters. The quantitative estimate of drug-likeness (QED) is 0.437. The van der Waals surface area contributed by atoms with E-state index in [9.17, 15) is 14.7 Å². The van der Waals surface area contributed by atoms with Crippen LogP contribution in [0.5, 0.6) is 5.75 Å². The fourth-order valence-electron chi connectivity index (χ4n) is 2.69. The number of para-hydroxylation sites is 1. The molecule has 1 heterocycles. The van der Waals surface area contributed by atoms with Crippen LogP contribution in [0.4, 0.5) is 0 Å². The SMILES string of the molecule is COCCOC(=O)CC1C(=O)NCCN1CC(O)COc1ccccc1. The number of nitrogens with one attached hydrogen (secondary N) is 1. The van der Waals surface area contributed by atoms with E-state index in [0.29, 0.717) is 25.4 Å². The number of methoxy groups -OCH3 is 1. The van der Waals surface area contributed by atoms with Crippen LogP contribution in [-0.4, -0.2) is 80.6 Å². The van der Waals surface area contributed by atoms with Crippen molar-refractivity contribution in [2.45, 2.75) is 18.6 Å². The largest absolute Gasteiger partial charge is 0.491 e. The number of carbonyl (C=O) groups is 2. The minimum atomic E-state index is -0.784. The highest BCUT2D eigenvalue weighted by molar-refractivity contribution is 5.87. The second kappa shape index (κ2) is 10.7. The maximum atomic E-state index is 12.1. The van der Waals surface area contributed by atoms with Crippen LogP contribution in [0.25, 0.3) is 0 Å². The first-order valence-electron chi connectivity index (χ1n) is 8.62. The summed E-state index contributed by atoms with van der Waals surface area (Å²) < 4.78 is 15.4. The molecule has 1 aliphatic heterocycles. The van der Waals surface area contributed by atoms with Crippen molar-refractivity contribution in [3.63, 3.8) is 0 Å². The van der Waals surface area contributed by atoms with E-state index in [1.807, 2.05) is 18.2 Å². The Morgan fingerprint density at radius 1 is 1.35 bits per heavy atom. The van der Waals surface area contributed by atoms with Crippen LogP contribution >= 0.6 is 0 Å². The lowest BCUT2D eigenvalue weighted by Gasteiger charge is -2.35. The summed E-state index contributed by atoms with van der Waals surface area (Å²) in [6.45, 7) is 1.81. The maximum Gasteiger partial charge on any atom is 0.308 e. The van der Waals surface area contributed by atoms with E-state index in [1.165, 1.54) is 7.11 Å². The molecule has 2 N–H and O–H groups in total. The summed E-state index contributed by atoms with van der Waals surface area (Å²) in [6, 6.07) is 8.53. The van der Waals surface area contributed by atoms with E-state index in [2.05, 4.69) is 5.32 Å². The summed E-state index contributed by atoms with van der Waals surface area (Å²) in [5.74, 6) is -0.0403. The van der Waals surface area contributed by atoms with Crippen LogP contribution in [-0.2, 0) is 19.1 Å². The molecule has 2 atom stereocenters. The van der Waals surface area contributed by atoms with Crippen LogP contribution in [0.15, 0.2) is 30.3 Å². The number of aliphatic hydroxyl groups is 1. The van der Waals surface area contributed by atoms with Gasteiger partial charge >= 0.3 is 5.97 Å².